The quantitative estimate of drug-likeness (QED) is 0.605. The molecule has 0 heterocycles. The maximum atomic E-state index is 12.2. The summed E-state index contributed by atoms with van der Waals surface area (Å²) in [6, 6.07) is 16.6. The van der Waals surface area contributed by atoms with E-state index >= 15 is 0 Å². The summed E-state index contributed by atoms with van der Waals surface area (Å²) in [5.74, 6) is 0.604. The molecular weight excluding hydrogens is 397 g/mol. The van der Waals surface area contributed by atoms with Crippen LogP contribution in [0.1, 0.15) is 19.4 Å². The van der Waals surface area contributed by atoms with Crippen LogP contribution >= 0.6 is 24.8 Å². The van der Waals surface area contributed by atoms with Crippen LogP contribution in [-0.4, -0.2) is 43.1 Å². The van der Waals surface area contributed by atoms with Crippen LogP contribution in [0, 0.1) is 0 Å². The predicted octanol–water partition coefficient (Wildman–Crippen LogP) is 3.76. The third-order valence-corrected chi connectivity index (χ3v) is 4.33. The molecule has 5 nitrogen and oxygen atoms in total. The molecule has 28 heavy (non-hydrogen) atoms. The Morgan fingerprint density at radius 3 is 2.21 bits per heavy atom. The Labute approximate surface area is 180 Å². The van der Waals surface area contributed by atoms with Gasteiger partial charge in [0.25, 0.3) is 0 Å². The molecule has 0 spiro atoms. The first kappa shape index (κ1) is 26.2. The first-order chi connectivity index (χ1) is 12.6. The van der Waals surface area contributed by atoms with Crippen molar-refractivity contribution >= 4 is 36.4 Å². The Morgan fingerprint density at radius 1 is 1.04 bits per heavy atom. The standard InChI is InChI=1S/C21H29N3O2.2ClH/c1-3-24(4-2)14-15-26-19-12-10-18(11-13-19)23-21(25)20(22)16-17-8-6-5-7-9-17;;/h5-13,20H,3-4,14-16,22H2,1-2H3,(H,23,25);2*1H. The second-order valence-corrected chi connectivity index (χ2v) is 6.19. The third-order valence-electron chi connectivity index (χ3n) is 4.33. The van der Waals surface area contributed by atoms with E-state index in [1.807, 2.05) is 54.6 Å². The van der Waals surface area contributed by atoms with Gasteiger partial charge in [0.2, 0.25) is 5.91 Å². The fourth-order valence-corrected chi connectivity index (χ4v) is 2.66. The van der Waals surface area contributed by atoms with Crippen LogP contribution in [0.25, 0.3) is 0 Å². The minimum absolute atomic E-state index is 0. The summed E-state index contributed by atoms with van der Waals surface area (Å²) in [6.45, 7) is 7.88. The van der Waals surface area contributed by atoms with Gasteiger partial charge in [-0.05, 0) is 49.3 Å². The highest BCUT2D eigenvalue weighted by molar-refractivity contribution is 5.94. The molecule has 0 aliphatic heterocycles. The zero-order valence-corrected chi connectivity index (χ0v) is 18.1. The third kappa shape index (κ3) is 8.93. The van der Waals surface area contributed by atoms with Gasteiger partial charge in [-0.2, -0.15) is 0 Å². The van der Waals surface area contributed by atoms with E-state index in [2.05, 4.69) is 24.1 Å². The van der Waals surface area contributed by atoms with E-state index in [1.54, 1.807) is 0 Å². The molecule has 0 bridgehead atoms. The van der Waals surface area contributed by atoms with Crippen LogP contribution in [0.2, 0.25) is 0 Å². The van der Waals surface area contributed by atoms with Crippen molar-refractivity contribution in [3.8, 4) is 5.75 Å². The second kappa shape index (κ2) is 14.2. The highest BCUT2D eigenvalue weighted by Crippen LogP contribution is 2.16. The lowest BCUT2D eigenvalue weighted by Crippen LogP contribution is -2.37. The molecule has 0 saturated heterocycles. The number of nitrogens with two attached hydrogens (primary N) is 1. The average Bonchev–Trinajstić information content (AvgIpc) is 2.67. The number of hydrogen-bond acceptors (Lipinski definition) is 4. The molecular formula is C21H31Cl2N3O2. The molecule has 0 radical (unpaired) electrons. The first-order valence-corrected chi connectivity index (χ1v) is 9.18. The van der Waals surface area contributed by atoms with E-state index in [4.69, 9.17) is 10.5 Å². The Hall–Kier alpha value is -1.79. The van der Waals surface area contributed by atoms with Gasteiger partial charge in [-0.3, -0.25) is 4.79 Å². The number of nitrogens with zero attached hydrogens (tertiary/aromatic N) is 1. The number of benzene rings is 2. The molecule has 3 N–H and O–H groups in total. The molecule has 1 unspecified atom stereocenters. The number of ether oxygens (including phenoxy) is 1. The van der Waals surface area contributed by atoms with E-state index in [-0.39, 0.29) is 30.7 Å². The van der Waals surface area contributed by atoms with Gasteiger partial charge in [0.1, 0.15) is 12.4 Å². The lowest BCUT2D eigenvalue weighted by atomic mass is 10.1. The van der Waals surface area contributed by atoms with Crippen molar-refractivity contribution in [3.05, 3.63) is 60.2 Å². The zero-order chi connectivity index (χ0) is 18.8. The average molecular weight is 428 g/mol. The highest BCUT2D eigenvalue weighted by atomic mass is 35.5. The number of nitrogens with one attached hydrogen (secondary N) is 1. The number of anilines is 1. The summed E-state index contributed by atoms with van der Waals surface area (Å²) in [5.41, 5.74) is 7.77. The van der Waals surface area contributed by atoms with Crippen molar-refractivity contribution in [2.75, 3.05) is 31.6 Å². The molecule has 1 atom stereocenters. The molecule has 156 valence electrons. The van der Waals surface area contributed by atoms with Gasteiger partial charge in [-0.1, -0.05) is 44.2 Å². The molecule has 0 aliphatic carbocycles. The van der Waals surface area contributed by atoms with Gasteiger partial charge in [0, 0.05) is 12.2 Å². The van der Waals surface area contributed by atoms with Crippen molar-refractivity contribution in [2.45, 2.75) is 26.3 Å². The number of likely N-dealkylation sites (N-methyl/N-ethyl adjacent to an activating group) is 1. The van der Waals surface area contributed by atoms with E-state index in [1.165, 1.54) is 0 Å². The zero-order valence-electron chi connectivity index (χ0n) is 16.5. The van der Waals surface area contributed by atoms with Gasteiger partial charge in [0.15, 0.2) is 0 Å². The minimum atomic E-state index is -0.581. The normalized spacial score (nSPS) is 11.1. The first-order valence-electron chi connectivity index (χ1n) is 9.18. The summed E-state index contributed by atoms with van der Waals surface area (Å²) >= 11 is 0. The Kier molecular flexibility index (Phi) is 13.3. The van der Waals surface area contributed by atoms with E-state index in [0.29, 0.717) is 13.0 Å². The topological polar surface area (TPSA) is 67.6 Å². The molecule has 0 aliphatic rings. The van der Waals surface area contributed by atoms with Crippen LogP contribution in [0.3, 0.4) is 0 Å². The van der Waals surface area contributed by atoms with Crippen LogP contribution in [0.5, 0.6) is 5.75 Å². The minimum Gasteiger partial charge on any atom is -0.492 e. The molecule has 0 fully saturated rings. The van der Waals surface area contributed by atoms with Crippen LogP contribution in [0.4, 0.5) is 5.69 Å². The van der Waals surface area contributed by atoms with Crippen molar-refractivity contribution < 1.29 is 9.53 Å². The van der Waals surface area contributed by atoms with Crippen molar-refractivity contribution in [1.29, 1.82) is 0 Å². The number of rotatable bonds is 10. The summed E-state index contributed by atoms with van der Waals surface area (Å²) in [5, 5.41) is 2.85. The lowest BCUT2D eigenvalue weighted by molar-refractivity contribution is -0.117. The summed E-state index contributed by atoms with van der Waals surface area (Å²) in [4.78, 5) is 14.6. The number of amides is 1. The molecule has 7 heteroatoms. The highest BCUT2D eigenvalue weighted by Gasteiger charge is 2.14. The summed E-state index contributed by atoms with van der Waals surface area (Å²) in [6.07, 6.45) is 0.513. The van der Waals surface area contributed by atoms with Crippen molar-refractivity contribution in [3.63, 3.8) is 0 Å². The van der Waals surface area contributed by atoms with Gasteiger partial charge in [-0.25, -0.2) is 0 Å². The fraction of sp³-hybridized carbons (Fsp3) is 0.381. The van der Waals surface area contributed by atoms with Crippen molar-refractivity contribution in [1.82, 2.24) is 4.90 Å². The van der Waals surface area contributed by atoms with Gasteiger partial charge in [-0.15, -0.1) is 24.8 Å². The molecule has 1 amide bonds. The maximum Gasteiger partial charge on any atom is 0.241 e. The summed E-state index contributed by atoms with van der Waals surface area (Å²) < 4.78 is 5.75. The van der Waals surface area contributed by atoms with Crippen LogP contribution in [-0.2, 0) is 11.2 Å². The van der Waals surface area contributed by atoms with Crippen molar-refractivity contribution in [2.24, 2.45) is 5.73 Å². The molecule has 2 rings (SSSR count). The van der Waals surface area contributed by atoms with Gasteiger partial charge in [0.05, 0.1) is 6.04 Å². The Morgan fingerprint density at radius 2 is 1.64 bits per heavy atom. The van der Waals surface area contributed by atoms with Gasteiger partial charge < -0.3 is 20.7 Å². The molecule has 0 aromatic heterocycles. The van der Waals surface area contributed by atoms with E-state index < -0.39 is 6.04 Å². The van der Waals surface area contributed by atoms with E-state index in [0.717, 1.165) is 36.6 Å². The predicted molar refractivity (Wildman–Crippen MR) is 121 cm³/mol. The molecule has 2 aromatic rings. The Balaban J connectivity index is 0.00000364. The van der Waals surface area contributed by atoms with Crippen LogP contribution < -0.4 is 15.8 Å². The van der Waals surface area contributed by atoms with Crippen LogP contribution in [0.15, 0.2) is 54.6 Å². The van der Waals surface area contributed by atoms with E-state index in [9.17, 15) is 4.79 Å². The number of carbonyl (C=O) groups excluding carboxylic acids is 1. The maximum absolute atomic E-state index is 12.2. The molecule has 0 saturated carbocycles. The number of carbonyl (C=O) groups is 1. The number of halogens is 2. The smallest absolute Gasteiger partial charge is 0.241 e. The summed E-state index contributed by atoms with van der Waals surface area (Å²) in [7, 11) is 0. The number of hydrogen-bond donors (Lipinski definition) is 2. The van der Waals surface area contributed by atoms with Gasteiger partial charge >= 0.3 is 0 Å². The molecule has 2 aromatic carbocycles. The fourth-order valence-electron chi connectivity index (χ4n) is 2.66. The Bertz CT molecular complexity index is 665. The monoisotopic (exact) mass is 427 g/mol. The lowest BCUT2D eigenvalue weighted by Gasteiger charge is -2.18. The second-order valence-electron chi connectivity index (χ2n) is 6.19. The largest absolute Gasteiger partial charge is 0.492 e. The SMILES string of the molecule is CCN(CC)CCOc1ccc(NC(=O)C(N)Cc2ccccc2)cc1.Cl.Cl.